The van der Waals surface area contributed by atoms with Gasteiger partial charge < -0.3 is 9.30 Å². The lowest BCUT2D eigenvalue weighted by atomic mass is 10.4. The average molecular weight is 267 g/mol. The second-order valence-electron chi connectivity index (χ2n) is 4.81. The largest absolute Gasteiger partial charge is 0.465 e. The van der Waals surface area contributed by atoms with Crippen LogP contribution in [-0.2, 0) is 9.53 Å². The van der Waals surface area contributed by atoms with Gasteiger partial charge in [-0.3, -0.25) is 4.79 Å². The van der Waals surface area contributed by atoms with Gasteiger partial charge in [-0.05, 0) is 32.6 Å². The van der Waals surface area contributed by atoms with E-state index >= 15 is 0 Å². The van der Waals surface area contributed by atoms with E-state index in [1.165, 1.54) is 37.4 Å². The molecule has 0 unspecified atom stereocenters. The normalized spacial score (nSPS) is 18.9. The minimum Gasteiger partial charge on any atom is -0.465 e. The Morgan fingerprint density at radius 2 is 2.17 bits per heavy atom. The van der Waals surface area contributed by atoms with E-state index < -0.39 is 0 Å². The van der Waals surface area contributed by atoms with E-state index in [0.717, 1.165) is 11.0 Å². The van der Waals surface area contributed by atoms with Gasteiger partial charge in [-0.2, -0.15) is 0 Å². The fourth-order valence-corrected chi connectivity index (χ4v) is 2.82. The molecular weight excluding hydrogens is 250 g/mol. The van der Waals surface area contributed by atoms with Gasteiger partial charge in [0.25, 0.3) is 0 Å². The minimum atomic E-state index is -0.180. The summed E-state index contributed by atoms with van der Waals surface area (Å²) >= 11 is 1.44. The summed E-state index contributed by atoms with van der Waals surface area (Å²) in [4.78, 5) is 11.4. The summed E-state index contributed by atoms with van der Waals surface area (Å²) in [5, 5.41) is 9.42. The average Bonchev–Trinajstić information content (AvgIpc) is 3.25. The molecule has 5 nitrogen and oxygen atoms in total. The Kier molecular flexibility index (Phi) is 3.28. The van der Waals surface area contributed by atoms with Crippen molar-refractivity contribution in [3.05, 3.63) is 5.82 Å². The summed E-state index contributed by atoms with van der Waals surface area (Å²) in [5.41, 5.74) is 0. The van der Waals surface area contributed by atoms with Gasteiger partial charge in [0.05, 0.1) is 12.4 Å². The van der Waals surface area contributed by atoms with E-state index in [4.69, 9.17) is 4.74 Å². The van der Waals surface area contributed by atoms with Crippen molar-refractivity contribution in [2.24, 2.45) is 0 Å². The Morgan fingerprint density at radius 1 is 1.39 bits per heavy atom. The smallest absolute Gasteiger partial charge is 0.316 e. The first-order chi connectivity index (χ1) is 8.79. The first kappa shape index (κ1) is 12.0. The lowest BCUT2D eigenvalue weighted by Gasteiger charge is -2.07. The molecule has 0 aliphatic heterocycles. The van der Waals surface area contributed by atoms with Crippen molar-refractivity contribution in [3.63, 3.8) is 0 Å². The van der Waals surface area contributed by atoms with Crippen LogP contribution in [0.2, 0.25) is 0 Å². The molecular formula is C12H17N3O2S. The highest BCUT2D eigenvalue weighted by Gasteiger charge is 2.36. The molecule has 0 atom stereocenters. The van der Waals surface area contributed by atoms with E-state index in [2.05, 4.69) is 14.8 Å². The number of nitrogens with zero attached hydrogens (tertiary/aromatic N) is 3. The Balaban J connectivity index is 1.69. The molecule has 1 aromatic heterocycles. The zero-order valence-corrected chi connectivity index (χ0v) is 11.3. The third-order valence-corrected chi connectivity index (χ3v) is 4.09. The number of hydrogen-bond acceptors (Lipinski definition) is 5. The molecule has 98 valence electrons. The lowest BCUT2D eigenvalue weighted by molar-refractivity contribution is -0.139. The van der Waals surface area contributed by atoms with Crippen LogP contribution < -0.4 is 0 Å². The van der Waals surface area contributed by atoms with Crippen molar-refractivity contribution in [3.8, 4) is 0 Å². The molecule has 1 heterocycles. The molecule has 2 aliphatic rings. The van der Waals surface area contributed by atoms with Gasteiger partial charge in [-0.25, -0.2) is 0 Å². The molecule has 0 bridgehead atoms. The Hall–Kier alpha value is -1.04. The van der Waals surface area contributed by atoms with Gasteiger partial charge in [0.2, 0.25) is 0 Å². The Bertz CT molecular complexity index is 452. The van der Waals surface area contributed by atoms with Crippen molar-refractivity contribution in [1.29, 1.82) is 0 Å². The second-order valence-corrected chi connectivity index (χ2v) is 5.75. The maximum atomic E-state index is 11.4. The standard InChI is InChI=1S/C12H17N3O2S/c1-2-17-10(16)7-18-12-14-13-11(8-3-4-8)15(12)9-5-6-9/h8-9H,2-7H2,1H3. The lowest BCUT2D eigenvalue weighted by Crippen LogP contribution is -2.08. The monoisotopic (exact) mass is 267 g/mol. The number of hydrogen-bond donors (Lipinski definition) is 0. The molecule has 1 aromatic rings. The molecule has 2 aliphatic carbocycles. The number of thioether (sulfide) groups is 1. The van der Waals surface area contributed by atoms with Gasteiger partial charge in [-0.15, -0.1) is 10.2 Å². The van der Waals surface area contributed by atoms with Crippen LogP contribution >= 0.6 is 11.8 Å². The molecule has 18 heavy (non-hydrogen) atoms. The van der Waals surface area contributed by atoms with Crippen molar-refractivity contribution in [2.45, 2.75) is 49.7 Å². The third kappa shape index (κ3) is 2.53. The van der Waals surface area contributed by atoms with Crippen LogP contribution in [0.4, 0.5) is 0 Å². The summed E-state index contributed by atoms with van der Waals surface area (Å²) in [5.74, 6) is 1.88. The predicted octanol–water partition coefficient (Wildman–Crippen LogP) is 2.15. The zero-order chi connectivity index (χ0) is 12.5. The quantitative estimate of drug-likeness (QED) is 0.584. The van der Waals surface area contributed by atoms with Gasteiger partial charge in [-0.1, -0.05) is 11.8 Å². The summed E-state index contributed by atoms with van der Waals surface area (Å²) in [6.07, 6.45) is 4.89. The number of esters is 1. The van der Waals surface area contributed by atoms with E-state index in [9.17, 15) is 4.79 Å². The number of aromatic nitrogens is 3. The molecule has 0 saturated heterocycles. The minimum absolute atomic E-state index is 0.180. The molecule has 0 aromatic carbocycles. The highest BCUT2D eigenvalue weighted by Crippen LogP contribution is 2.45. The second kappa shape index (κ2) is 4.91. The maximum Gasteiger partial charge on any atom is 0.316 e. The summed E-state index contributed by atoms with van der Waals surface area (Å²) in [7, 11) is 0. The fraction of sp³-hybridized carbons (Fsp3) is 0.750. The van der Waals surface area contributed by atoms with Crippen LogP contribution in [0.3, 0.4) is 0 Å². The van der Waals surface area contributed by atoms with Gasteiger partial charge in [0, 0.05) is 12.0 Å². The fourth-order valence-electron chi connectivity index (χ4n) is 2.01. The number of rotatable bonds is 6. The summed E-state index contributed by atoms with van der Waals surface area (Å²) in [6.45, 7) is 2.25. The maximum absolute atomic E-state index is 11.4. The van der Waals surface area contributed by atoms with Crippen LogP contribution in [0, 0.1) is 0 Å². The van der Waals surface area contributed by atoms with Gasteiger partial charge in [0.1, 0.15) is 5.82 Å². The van der Waals surface area contributed by atoms with Crippen LogP contribution in [0.15, 0.2) is 5.16 Å². The molecule has 0 amide bonds. The van der Waals surface area contributed by atoms with Crippen LogP contribution in [0.25, 0.3) is 0 Å². The van der Waals surface area contributed by atoms with Crippen LogP contribution in [0.5, 0.6) is 0 Å². The summed E-state index contributed by atoms with van der Waals surface area (Å²) in [6, 6.07) is 0.570. The highest BCUT2D eigenvalue weighted by molar-refractivity contribution is 7.99. The number of carbonyl (C=O) groups excluding carboxylic acids is 1. The molecule has 0 N–H and O–H groups in total. The van der Waals surface area contributed by atoms with Crippen molar-refractivity contribution < 1.29 is 9.53 Å². The van der Waals surface area contributed by atoms with E-state index in [1.54, 1.807) is 0 Å². The van der Waals surface area contributed by atoms with Crippen molar-refractivity contribution >= 4 is 17.7 Å². The summed E-state index contributed by atoms with van der Waals surface area (Å²) < 4.78 is 7.18. The highest BCUT2D eigenvalue weighted by atomic mass is 32.2. The Morgan fingerprint density at radius 3 is 2.78 bits per heavy atom. The SMILES string of the molecule is CCOC(=O)CSc1nnc(C2CC2)n1C1CC1. The van der Waals surface area contributed by atoms with E-state index in [-0.39, 0.29) is 5.97 Å². The number of ether oxygens (including phenoxy) is 1. The first-order valence-electron chi connectivity index (χ1n) is 6.52. The third-order valence-electron chi connectivity index (χ3n) is 3.17. The molecule has 2 fully saturated rings. The molecule has 0 spiro atoms. The van der Waals surface area contributed by atoms with Gasteiger partial charge >= 0.3 is 5.97 Å². The molecule has 3 rings (SSSR count). The molecule has 6 heteroatoms. The molecule has 2 saturated carbocycles. The topological polar surface area (TPSA) is 57.0 Å². The van der Waals surface area contributed by atoms with Crippen LogP contribution in [0.1, 0.15) is 50.4 Å². The predicted molar refractivity (Wildman–Crippen MR) is 67.6 cm³/mol. The van der Waals surface area contributed by atoms with Crippen molar-refractivity contribution in [1.82, 2.24) is 14.8 Å². The zero-order valence-electron chi connectivity index (χ0n) is 10.5. The van der Waals surface area contributed by atoms with Crippen molar-refractivity contribution in [2.75, 3.05) is 12.4 Å². The van der Waals surface area contributed by atoms with E-state index in [0.29, 0.717) is 24.3 Å². The van der Waals surface area contributed by atoms with Crippen LogP contribution in [-0.4, -0.2) is 33.1 Å². The first-order valence-corrected chi connectivity index (χ1v) is 7.51. The number of carbonyl (C=O) groups is 1. The Labute approximate surface area is 110 Å². The molecule has 0 radical (unpaired) electrons. The van der Waals surface area contributed by atoms with Gasteiger partial charge in [0.15, 0.2) is 5.16 Å². The van der Waals surface area contributed by atoms with E-state index in [1.807, 2.05) is 6.92 Å².